The van der Waals surface area contributed by atoms with Gasteiger partial charge in [-0.05, 0) is 26.0 Å². The van der Waals surface area contributed by atoms with E-state index in [1.54, 1.807) is 12.3 Å². The molecule has 1 aliphatic heterocycles. The van der Waals surface area contributed by atoms with Crippen LogP contribution in [0.1, 0.15) is 26.0 Å². The van der Waals surface area contributed by atoms with Crippen molar-refractivity contribution in [3.8, 4) is 0 Å². The average Bonchev–Trinajstić information content (AvgIpc) is 2.70. The monoisotopic (exact) mass is 315 g/mol. The van der Waals surface area contributed by atoms with Crippen LogP contribution in [-0.2, 0) is 27.8 Å². The van der Waals surface area contributed by atoms with Gasteiger partial charge in [0.25, 0.3) is 0 Å². The molecule has 0 bridgehead atoms. The van der Waals surface area contributed by atoms with Gasteiger partial charge in [0.05, 0.1) is 6.61 Å². The first-order chi connectivity index (χ1) is 10.1. The van der Waals surface area contributed by atoms with Crippen LogP contribution in [0.5, 0.6) is 0 Å². The minimum atomic E-state index is -3.42. The Balaban J connectivity index is 2.24. The van der Waals surface area contributed by atoms with E-state index in [1.165, 1.54) is 4.31 Å². The lowest BCUT2D eigenvalue weighted by molar-refractivity contribution is 0.148. The molecule has 1 aliphatic rings. The first-order valence-electron chi connectivity index (χ1n) is 7.57. The first kappa shape index (κ1) is 16.5. The Morgan fingerprint density at radius 3 is 2.81 bits per heavy atom. The van der Waals surface area contributed by atoms with Gasteiger partial charge in [0.2, 0.25) is 10.0 Å². The summed E-state index contributed by atoms with van der Waals surface area (Å²) >= 11 is 0. The Morgan fingerprint density at radius 1 is 1.29 bits per heavy atom. The third-order valence-corrected chi connectivity index (χ3v) is 5.54. The van der Waals surface area contributed by atoms with Gasteiger partial charge in [-0.2, -0.15) is 4.31 Å². The second-order valence-electron chi connectivity index (χ2n) is 5.10. The van der Waals surface area contributed by atoms with Crippen LogP contribution in [0.15, 0.2) is 17.2 Å². The molecule has 1 aromatic heterocycles. The van der Waals surface area contributed by atoms with Crippen molar-refractivity contribution in [2.75, 3.05) is 32.8 Å². The zero-order chi connectivity index (χ0) is 15.3. The largest absolute Gasteiger partial charge is 0.380 e. The molecule has 0 aliphatic carbocycles. The number of aryl methyl sites for hydroxylation is 1. The maximum absolute atomic E-state index is 12.7. The maximum Gasteiger partial charge on any atom is 0.244 e. The highest BCUT2D eigenvalue weighted by Gasteiger charge is 2.27. The highest BCUT2D eigenvalue weighted by molar-refractivity contribution is 7.89. The van der Waals surface area contributed by atoms with Crippen molar-refractivity contribution >= 4 is 10.0 Å². The van der Waals surface area contributed by atoms with Crippen LogP contribution in [0.2, 0.25) is 0 Å². The van der Waals surface area contributed by atoms with Crippen molar-refractivity contribution in [1.82, 2.24) is 14.2 Å². The molecule has 120 valence electrons. The van der Waals surface area contributed by atoms with Gasteiger partial charge in [-0.15, -0.1) is 0 Å². The van der Waals surface area contributed by atoms with Crippen molar-refractivity contribution in [1.29, 1.82) is 0 Å². The quantitative estimate of drug-likeness (QED) is 0.851. The molecule has 21 heavy (non-hydrogen) atoms. The number of nitrogens with zero attached hydrogens (tertiary/aromatic N) is 2. The number of nitrogens with one attached hydrogen (secondary N) is 1. The van der Waals surface area contributed by atoms with E-state index in [4.69, 9.17) is 4.74 Å². The van der Waals surface area contributed by atoms with E-state index >= 15 is 0 Å². The fourth-order valence-corrected chi connectivity index (χ4v) is 4.00. The molecule has 2 heterocycles. The number of hydrogen-bond donors (Lipinski definition) is 1. The lowest BCUT2D eigenvalue weighted by Crippen LogP contribution is -2.33. The fraction of sp³-hybridized carbons (Fsp3) is 0.714. The zero-order valence-corrected chi connectivity index (χ0v) is 13.7. The van der Waals surface area contributed by atoms with Gasteiger partial charge in [0.1, 0.15) is 4.90 Å². The van der Waals surface area contributed by atoms with Crippen molar-refractivity contribution in [3.05, 3.63) is 18.0 Å². The van der Waals surface area contributed by atoms with Crippen molar-refractivity contribution in [2.24, 2.45) is 0 Å². The minimum Gasteiger partial charge on any atom is -0.380 e. The first-order valence-corrected chi connectivity index (χ1v) is 9.01. The SMILES string of the molecule is CCNCc1cc(S(=O)(=O)N2CCCOCC2)cn1CC. The molecular formula is C14H25N3O3S. The highest BCUT2D eigenvalue weighted by Crippen LogP contribution is 2.20. The lowest BCUT2D eigenvalue weighted by atomic mass is 10.4. The van der Waals surface area contributed by atoms with Crippen molar-refractivity contribution in [3.63, 3.8) is 0 Å². The molecule has 6 nitrogen and oxygen atoms in total. The lowest BCUT2D eigenvalue weighted by Gasteiger charge is -2.18. The molecule has 1 N–H and O–H groups in total. The Labute approximate surface area is 127 Å². The smallest absolute Gasteiger partial charge is 0.244 e. The van der Waals surface area contributed by atoms with Crippen LogP contribution >= 0.6 is 0 Å². The maximum atomic E-state index is 12.7. The van der Waals surface area contributed by atoms with Crippen LogP contribution in [0.25, 0.3) is 0 Å². The number of sulfonamides is 1. The summed E-state index contributed by atoms with van der Waals surface area (Å²) in [5.41, 5.74) is 1.00. The van der Waals surface area contributed by atoms with Gasteiger partial charge in [-0.3, -0.25) is 0 Å². The van der Waals surface area contributed by atoms with E-state index in [2.05, 4.69) is 5.32 Å². The van der Waals surface area contributed by atoms with Gasteiger partial charge in [0.15, 0.2) is 0 Å². The van der Waals surface area contributed by atoms with Crippen molar-refractivity contribution in [2.45, 2.75) is 38.3 Å². The van der Waals surface area contributed by atoms with E-state index < -0.39 is 10.0 Å². The third kappa shape index (κ3) is 3.85. The van der Waals surface area contributed by atoms with Crippen LogP contribution in [0.3, 0.4) is 0 Å². The molecule has 0 amide bonds. The Kier molecular flexibility index (Phi) is 5.80. The summed E-state index contributed by atoms with van der Waals surface area (Å²) in [6.07, 6.45) is 2.49. The molecule has 7 heteroatoms. The van der Waals surface area contributed by atoms with Gasteiger partial charge in [0, 0.05) is 44.7 Å². The van der Waals surface area contributed by atoms with Gasteiger partial charge in [-0.1, -0.05) is 6.92 Å². The van der Waals surface area contributed by atoms with Crippen LogP contribution in [0.4, 0.5) is 0 Å². The summed E-state index contributed by atoms with van der Waals surface area (Å²) < 4.78 is 34.3. The van der Waals surface area contributed by atoms with Crippen LogP contribution in [-0.4, -0.2) is 50.1 Å². The fourth-order valence-electron chi connectivity index (χ4n) is 2.47. The number of ether oxygens (including phenoxy) is 1. The van der Waals surface area contributed by atoms with Gasteiger partial charge < -0.3 is 14.6 Å². The van der Waals surface area contributed by atoms with Gasteiger partial charge >= 0.3 is 0 Å². The second kappa shape index (κ2) is 7.40. The minimum absolute atomic E-state index is 0.388. The summed E-state index contributed by atoms with van der Waals surface area (Å²) in [7, 11) is -3.42. The molecule has 2 rings (SSSR count). The van der Waals surface area contributed by atoms with Crippen LogP contribution < -0.4 is 5.32 Å². The molecule has 0 atom stereocenters. The third-order valence-electron chi connectivity index (χ3n) is 3.68. The Bertz CT molecular complexity index is 546. The summed E-state index contributed by atoms with van der Waals surface area (Å²) in [5, 5.41) is 3.24. The van der Waals surface area contributed by atoms with E-state index in [0.717, 1.165) is 25.2 Å². The number of aromatic nitrogens is 1. The predicted molar refractivity (Wildman–Crippen MR) is 81.7 cm³/mol. The second-order valence-corrected chi connectivity index (χ2v) is 7.04. The highest BCUT2D eigenvalue weighted by atomic mass is 32.2. The molecule has 1 aromatic rings. The molecule has 1 fully saturated rings. The van der Waals surface area contributed by atoms with Crippen LogP contribution in [0, 0.1) is 0 Å². The summed E-state index contributed by atoms with van der Waals surface area (Å²) in [5.74, 6) is 0. The zero-order valence-electron chi connectivity index (χ0n) is 12.8. The summed E-state index contributed by atoms with van der Waals surface area (Å²) in [4.78, 5) is 0.388. The van der Waals surface area contributed by atoms with E-state index in [1.807, 2.05) is 18.4 Å². The molecule has 0 spiro atoms. The molecule has 0 saturated carbocycles. The summed E-state index contributed by atoms with van der Waals surface area (Å²) in [6.45, 7) is 8.43. The summed E-state index contributed by atoms with van der Waals surface area (Å²) in [6, 6.07) is 1.78. The molecule has 0 aromatic carbocycles. The van der Waals surface area contributed by atoms with E-state index in [-0.39, 0.29) is 0 Å². The number of hydrogen-bond acceptors (Lipinski definition) is 4. The van der Waals surface area contributed by atoms with E-state index in [9.17, 15) is 8.42 Å². The number of rotatable bonds is 6. The van der Waals surface area contributed by atoms with Gasteiger partial charge in [-0.25, -0.2) is 8.42 Å². The predicted octanol–water partition coefficient (Wildman–Crippen LogP) is 1.03. The average molecular weight is 315 g/mol. The standard InChI is InChI=1S/C14H25N3O3S/c1-3-15-11-13-10-14(12-16(13)4-2)21(18,19)17-6-5-8-20-9-7-17/h10,12,15H,3-9,11H2,1-2H3. The Hall–Kier alpha value is -0.890. The molecule has 0 radical (unpaired) electrons. The van der Waals surface area contributed by atoms with Crippen molar-refractivity contribution < 1.29 is 13.2 Å². The topological polar surface area (TPSA) is 63.6 Å². The Morgan fingerprint density at radius 2 is 2.10 bits per heavy atom. The van der Waals surface area contributed by atoms with E-state index in [0.29, 0.717) is 37.7 Å². The molecule has 1 saturated heterocycles. The molecular weight excluding hydrogens is 290 g/mol. The molecule has 0 unspecified atom stereocenters. The normalized spacial score (nSPS) is 17.8.